The van der Waals surface area contributed by atoms with Gasteiger partial charge in [-0.25, -0.2) is 9.69 Å². The quantitative estimate of drug-likeness (QED) is 0.668. The molecule has 0 aromatic heterocycles. The zero-order valence-corrected chi connectivity index (χ0v) is 11.9. The Balaban J connectivity index is 2.27. The molecule has 22 heavy (non-hydrogen) atoms. The number of aliphatic carboxylic acids is 1. The highest BCUT2D eigenvalue weighted by Crippen LogP contribution is 2.32. The maximum absolute atomic E-state index is 12.2. The molecule has 0 spiro atoms. The number of imide groups is 1. The summed E-state index contributed by atoms with van der Waals surface area (Å²) in [6.07, 6.45) is -0.153. The summed E-state index contributed by atoms with van der Waals surface area (Å²) in [5.41, 5.74) is -0.400. The Bertz CT molecular complexity index is 672. The Morgan fingerprint density at radius 2 is 1.95 bits per heavy atom. The van der Waals surface area contributed by atoms with E-state index in [9.17, 15) is 24.3 Å². The number of nitrogens with zero attached hydrogens (tertiary/aromatic N) is 1. The van der Waals surface area contributed by atoms with Crippen molar-refractivity contribution < 1.29 is 34.5 Å². The molecule has 1 aromatic carbocycles. The SMILES string of the molecule is O=C(O)CSC1CC(=O)N(c2ccc(O)c(C(=O)O)c2)C1=O. The van der Waals surface area contributed by atoms with E-state index in [1.165, 1.54) is 6.07 Å². The molecule has 2 rings (SSSR count). The molecule has 1 aromatic rings. The number of phenols is 1. The minimum absolute atomic E-state index is 0.0311. The van der Waals surface area contributed by atoms with E-state index in [0.29, 0.717) is 0 Å². The molecular formula is C13H11NO7S. The molecule has 3 N–H and O–H groups in total. The summed E-state index contributed by atoms with van der Waals surface area (Å²) < 4.78 is 0. The summed E-state index contributed by atoms with van der Waals surface area (Å²) >= 11 is 0.839. The highest BCUT2D eigenvalue weighted by Gasteiger charge is 2.40. The zero-order valence-electron chi connectivity index (χ0n) is 11.1. The lowest BCUT2D eigenvalue weighted by Gasteiger charge is -2.15. The van der Waals surface area contributed by atoms with Gasteiger partial charge in [-0.2, -0.15) is 0 Å². The average molecular weight is 325 g/mol. The summed E-state index contributed by atoms with van der Waals surface area (Å²) in [4.78, 5) is 46.4. The van der Waals surface area contributed by atoms with Crippen molar-refractivity contribution in [2.75, 3.05) is 10.7 Å². The number of thioether (sulfide) groups is 1. The van der Waals surface area contributed by atoms with Crippen molar-refractivity contribution in [3.8, 4) is 5.75 Å². The second-order valence-corrected chi connectivity index (χ2v) is 5.66. The molecule has 1 atom stereocenters. The highest BCUT2D eigenvalue weighted by atomic mass is 32.2. The molecule has 8 nitrogen and oxygen atoms in total. The summed E-state index contributed by atoms with van der Waals surface area (Å²) in [6, 6.07) is 3.36. The van der Waals surface area contributed by atoms with Gasteiger partial charge in [0.1, 0.15) is 11.3 Å². The minimum atomic E-state index is -1.39. The van der Waals surface area contributed by atoms with Crippen molar-refractivity contribution in [2.24, 2.45) is 0 Å². The van der Waals surface area contributed by atoms with E-state index in [1.54, 1.807) is 0 Å². The zero-order chi connectivity index (χ0) is 16.4. The molecule has 1 aliphatic heterocycles. The average Bonchev–Trinajstić information content (AvgIpc) is 2.72. The van der Waals surface area contributed by atoms with Gasteiger partial charge in [-0.1, -0.05) is 0 Å². The Morgan fingerprint density at radius 3 is 2.55 bits per heavy atom. The van der Waals surface area contributed by atoms with Gasteiger partial charge in [-0.3, -0.25) is 14.4 Å². The number of rotatable bonds is 5. The molecule has 1 saturated heterocycles. The number of amides is 2. The number of hydrogen-bond donors (Lipinski definition) is 3. The predicted molar refractivity (Wildman–Crippen MR) is 76.1 cm³/mol. The van der Waals surface area contributed by atoms with Crippen molar-refractivity contribution in [2.45, 2.75) is 11.7 Å². The number of benzene rings is 1. The van der Waals surface area contributed by atoms with Crippen LogP contribution < -0.4 is 4.90 Å². The third kappa shape index (κ3) is 3.03. The van der Waals surface area contributed by atoms with Gasteiger partial charge in [0.25, 0.3) is 0 Å². The molecule has 9 heteroatoms. The van der Waals surface area contributed by atoms with Gasteiger partial charge in [-0.15, -0.1) is 11.8 Å². The molecule has 1 aliphatic rings. The van der Waals surface area contributed by atoms with Crippen LogP contribution in [0.5, 0.6) is 5.75 Å². The number of anilines is 1. The third-order valence-corrected chi connectivity index (χ3v) is 4.17. The van der Waals surface area contributed by atoms with Crippen molar-refractivity contribution >= 4 is 41.2 Å². The molecule has 1 fully saturated rings. The van der Waals surface area contributed by atoms with Crippen LogP contribution in [0.25, 0.3) is 0 Å². The topological polar surface area (TPSA) is 132 Å². The summed E-state index contributed by atoms with van der Waals surface area (Å²) in [6.45, 7) is 0. The first-order chi connectivity index (χ1) is 10.3. The van der Waals surface area contributed by atoms with Crippen LogP contribution in [0.1, 0.15) is 16.8 Å². The van der Waals surface area contributed by atoms with Gasteiger partial charge in [0, 0.05) is 6.42 Å². The second kappa shape index (κ2) is 6.06. The van der Waals surface area contributed by atoms with Gasteiger partial charge < -0.3 is 15.3 Å². The van der Waals surface area contributed by atoms with E-state index in [1.807, 2.05) is 0 Å². The third-order valence-electron chi connectivity index (χ3n) is 2.98. The Morgan fingerprint density at radius 1 is 1.27 bits per heavy atom. The first-order valence-electron chi connectivity index (χ1n) is 6.07. The molecule has 2 amide bonds. The van der Waals surface area contributed by atoms with Crippen LogP contribution in [0.15, 0.2) is 18.2 Å². The molecule has 0 saturated carbocycles. The molecule has 1 unspecified atom stereocenters. The van der Waals surface area contributed by atoms with Gasteiger partial charge in [0.2, 0.25) is 11.8 Å². The minimum Gasteiger partial charge on any atom is -0.507 e. The number of carboxylic acids is 2. The maximum Gasteiger partial charge on any atom is 0.339 e. The highest BCUT2D eigenvalue weighted by molar-refractivity contribution is 8.01. The number of carbonyl (C=O) groups excluding carboxylic acids is 2. The van der Waals surface area contributed by atoms with Crippen LogP contribution in [-0.2, 0) is 14.4 Å². The molecular weight excluding hydrogens is 314 g/mol. The lowest BCUT2D eigenvalue weighted by molar-refractivity contribution is -0.134. The largest absolute Gasteiger partial charge is 0.507 e. The normalized spacial score (nSPS) is 17.8. The Hall–Kier alpha value is -2.55. The number of hydrogen-bond acceptors (Lipinski definition) is 6. The lowest BCUT2D eigenvalue weighted by Crippen LogP contribution is -2.31. The predicted octanol–water partition coefficient (Wildman–Crippen LogP) is 0.540. The summed E-state index contributed by atoms with van der Waals surface area (Å²) in [5.74, 6) is -4.43. The Kier molecular flexibility index (Phi) is 4.36. The first kappa shape index (κ1) is 15.8. The molecule has 0 aliphatic carbocycles. The molecule has 0 radical (unpaired) electrons. The fourth-order valence-electron chi connectivity index (χ4n) is 2.01. The van der Waals surface area contributed by atoms with Crippen LogP contribution >= 0.6 is 11.8 Å². The fourth-order valence-corrected chi connectivity index (χ4v) is 2.86. The summed E-state index contributed by atoms with van der Waals surface area (Å²) in [7, 11) is 0. The van der Waals surface area contributed by atoms with Crippen molar-refractivity contribution in [1.29, 1.82) is 0 Å². The van der Waals surface area contributed by atoms with Crippen molar-refractivity contribution in [3.05, 3.63) is 23.8 Å². The van der Waals surface area contributed by atoms with E-state index in [-0.39, 0.29) is 17.9 Å². The van der Waals surface area contributed by atoms with Crippen molar-refractivity contribution in [3.63, 3.8) is 0 Å². The fraction of sp³-hybridized carbons (Fsp3) is 0.231. The van der Waals surface area contributed by atoms with E-state index in [2.05, 4.69) is 0 Å². The molecule has 116 valence electrons. The standard InChI is InChI=1S/C13H11NO7S/c15-8-2-1-6(3-7(8)13(20)21)14-10(16)4-9(12(14)19)22-5-11(17)18/h1-3,9,15H,4-5H2,(H,17,18)(H,20,21). The van der Waals surface area contributed by atoms with E-state index >= 15 is 0 Å². The van der Waals surface area contributed by atoms with Crippen LogP contribution in [0.3, 0.4) is 0 Å². The van der Waals surface area contributed by atoms with Crippen molar-refractivity contribution in [1.82, 2.24) is 0 Å². The maximum atomic E-state index is 12.2. The Labute approximate surface area is 128 Å². The van der Waals surface area contributed by atoms with Gasteiger partial charge in [0.15, 0.2) is 0 Å². The van der Waals surface area contributed by atoms with E-state index in [0.717, 1.165) is 28.8 Å². The number of carboxylic acid groups (broad SMARTS) is 2. The molecule has 1 heterocycles. The summed E-state index contributed by atoms with van der Waals surface area (Å²) in [5, 5.41) is 26.2. The lowest BCUT2D eigenvalue weighted by atomic mass is 10.1. The van der Waals surface area contributed by atoms with Crippen LogP contribution in [-0.4, -0.2) is 50.1 Å². The number of carbonyl (C=O) groups is 4. The smallest absolute Gasteiger partial charge is 0.339 e. The second-order valence-electron chi connectivity index (χ2n) is 4.47. The molecule has 0 bridgehead atoms. The van der Waals surface area contributed by atoms with Crippen LogP contribution in [0, 0.1) is 0 Å². The van der Waals surface area contributed by atoms with Crippen LogP contribution in [0.4, 0.5) is 5.69 Å². The van der Waals surface area contributed by atoms with Gasteiger partial charge >= 0.3 is 11.9 Å². The van der Waals surface area contributed by atoms with Gasteiger partial charge in [0.05, 0.1) is 16.7 Å². The number of aromatic carboxylic acids is 1. The van der Waals surface area contributed by atoms with E-state index in [4.69, 9.17) is 10.2 Å². The first-order valence-corrected chi connectivity index (χ1v) is 7.12. The monoisotopic (exact) mass is 325 g/mol. The number of aromatic hydroxyl groups is 1. The van der Waals surface area contributed by atoms with E-state index < -0.39 is 40.3 Å². The van der Waals surface area contributed by atoms with Crippen LogP contribution in [0.2, 0.25) is 0 Å². The van der Waals surface area contributed by atoms with Gasteiger partial charge in [-0.05, 0) is 18.2 Å².